The van der Waals surface area contributed by atoms with Gasteiger partial charge in [-0.05, 0) is 67.6 Å². The molecule has 42 heavy (non-hydrogen) atoms. The van der Waals surface area contributed by atoms with Crippen molar-refractivity contribution in [1.29, 1.82) is 0 Å². The molecule has 4 rings (SSSR count). The Bertz CT molecular complexity index is 1180. The summed E-state index contributed by atoms with van der Waals surface area (Å²) in [6.07, 6.45) is 5.97. The second-order valence-electron chi connectivity index (χ2n) is 13.3. The molecule has 2 saturated carbocycles. The summed E-state index contributed by atoms with van der Waals surface area (Å²) in [4.78, 5) is 44.8. The van der Waals surface area contributed by atoms with E-state index in [2.05, 4.69) is 12.6 Å². The fourth-order valence-corrected chi connectivity index (χ4v) is 8.33. The van der Waals surface area contributed by atoms with Crippen LogP contribution in [0.25, 0.3) is 0 Å². The third kappa shape index (κ3) is 6.54. The minimum absolute atomic E-state index is 0.00494. The largest absolute Gasteiger partial charge is 0.549 e. The Morgan fingerprint density at radius 2 is 1.00 bits per heavy atom. The fraction of sp³-hybridized carbons (Fsp3) is 0.786. The monoisotopic (exact) mass is 632 g/mol. The zero-order valence-electron chi connectivity index (χ0n) is 25.4. The molecule has 2 heterocycles. The predicted octanol–water partition coefficient (Wildman–Crippen LogP) is -2.15. The Kier molecular flexibility index (Phi) is 9.68. The number of carboxylic acids is 4. The van der Waals surface area contributed by atoms with Crippen LogP contribution in [0.3, 0.4) is 0 Å². The van der Waals surface area contributed by atoms with Gasteiger partial charge in [-0.3, -0.25) is 0 Å². The van der Waals surface area contributed by atoms with E-state index in [9.17, 15) is 39.6 Å². The van der Waals surface area contributed by atoms with Gasteiger partial charge in [-0.1, -0.05) is 26.4 Å². The van der Waals surface area contributed by atoms with Crippen molar-refractivity contribution in [3.8, 4) is 0 Å². The molecular formula is C28H42O12P2-4. The van der Waals surface area contributed by atoms with Gasteiger partial charge in [0.05, 0.1) is 71.3 Å². The summed E-state index contributed by atoms with van der Waals surface area (Å²) in [7, 11) is -3.56. The molecule has 2 aliphatic carbocycles. The SMILES string of the molecule is C=P(C)(C)OC1C(C)C(C)OC1C1CC1(C(=O)[O-])C(=O)[O-].C=P(C)(C)OC1C(C)OC(C2CC2(C(=O)[O-])C(=O)[O-])C1C. The molecule has 0 aromatic rings. The van der Waals surface area contributed by atoms with Gasteiger partial charge >= 0.3 is 0 Å². The van der Waals surface area contributed by atoms with Crippen molar-refractivity contribution in [1.82, 2.24) is 0 Å². The van der Waals surface area contributed by atoms with Crippen molar-refractivity contribution in [3.63, 3.8) is 0 Å². The highest BCUT2D eigenvalue weighted by atomic mass is 31.2. The first-order chi connectivity index (χ1) is 19.0. The molecule has 12 nitrogen and oxygen atoms in total. The van der Waals surface area contributed by atoms with Crippen LogP contribution in [0.5, 0.6) is 0 Å². The molecule has 10 atom stereocenters. The number of rotatable bonds is 10. The highest BCUT2D eigenvalue weighted by molar-refractivity contribution is 7.68. The molecule has 2 saturated heterocycles. The lowest BCUT2D eigenvalue weighted by Crippen LogP contribution is -2.48. The van der Waals surface area contributed by atoms with Gasteiger partial charge in [0.2, 0.25) is 0 Å². The van der Waals surface area contributed by atoms with Gasteiger partial charge in [0.15, 0.2) is 0 Å². The Balaban J connectivity index is 0.000000230. The molecule has 0 aromatic heterocycles. The lowest BCUT2D eigenvalue weighted by atomic mass is 9.91. The molecule has 0 bridgehead atoms. The summed E-state index contributed by atoms with van der Waals surface area (Å²) in [5, 5.41) is 44.8. The van der Waals surface area contributed by atoms with Crippen LogP contribution in [0.2, 0.25) is 0 Å². The maximum atomic E-state index is 11.2. The third-order valence-corrected chi connectivity index (χ3v) is 10.5. The second-order valence-corrected chi connectivity index (χ2v) is 20.0. The molecule has 4 fully saturated rings. The van der Waals surface area contributed by atoms with Gasteiger partial charge in [0.1, 0.15) is 0 Å². The highest BCUT2D eigenvalue weighted by Crippen LogP contribution is 2.60. The first-order valence-corrected chi connectivity index (χ1v) is 19.5. The molecule has 0 N–H and O–H groups in total. The van der Waals surface area contributed by atoms with Crippen molar-refractivity contribution in [3.05, 3.63) is 0 Å². The molecule has 0 spiro atoms. The molecule has 0 radical (unpaired) electrons. The maximum absolute atomic E-state index is 11.2. The maximum Gasteiger partial charge on any atom is 0.0930 e. The third-order valence-electron chi connectivity index (χ3n) is 8.92. The Morgan fingerprint density at radius 1 is 0.643 bits per heavy atom. The Morgan fingerprint density at radius 3 is 1.36 bits per heavy atom. The van der Waals surface area contributed by atoms with Crippen LogP contribution >= 0.6 is 14.2 Å². The van der Waals surface area contributed by atoms with E-state index in [1.165, 1.54) is 0 Å². The van der Waals surface area contributed by atoms with Gasteiger partial charge in [-0.15, -0.1) is 0 Å². The number of hydrogen-bond acceptors (Lipinski definition) is 12. The molecule has 0 aromatic carbocycles. The topological polar surface area (TPSA) is 197 Å². The summed E-state index contributed by atoms with van der Waals surface area (Å²) in [5.41, 5.74) is -3.86. The standard InChI is InChI=1S/2C14H23O6P/c1-7-10(20-21(3,4)5)8(2)19-11(7)9-6-14(9,12(15)16)13(17)18;1-7-8(2)19-11(10(7)20-21(3,4)5)9-6-14(9,12(15)16)13(17)18/h2*7-11H,3,6H2,1-2,4-5H3,(H,15,16)(H,17,18)/p-4. The normalized spacial score (nSPS) is 38.2. The predicted molar refractivity (Wildman–Crippen MR) is 150 cm³/mol. The van der Waals surface area contributed by atoms with Crippen LogP contribution in [0.1, 0.15) is 40.5 Å². The van der Waals surface area contributed by atoms with E-state index in [4.69, 9.17) is 18.5 Å². The summed E-state index contributed by atoms with van der Waals surface area (Å²) in [6.45, 7) is 15.2. The van der Waals surface area contributed by atoms with Gasteiger partial charge < -0.3 is 58.1 Å². The van der Waals surface area contributed by atoms with Crippen LogP contribution in [0, 0.1) is 34.5 Å². The number of carbonyl (C=O) groups is 4. The zero-order chi connectivity index (χ0) is 32.3. The average molecular weight is 633 g/mol. The van der Waals surface area contributed by atoms with Gasteiger partial charge in [0, 0.05) is 23.7 Å². The van der Waals surface area contributed by atoms with E-state index in [1.54, 1.807) is 0 Å². The minimum atomic E-state index is -1.94. The Labute approximate surface area is 247 Å². The van der Waals surface area contributed by atoms with E-state index < -0.39 is 73.0 Å². The highest BCUT2D eigenvalue weighted by Gasteiger charge is 2.65. The van der Waals surface area contributed by atoms with E-state index in [1.807, 2.05) is 54.4 Å². The van der Waals surface area contributed by atoms with Gasteiger partial charge in [0.25, 0.3) is 0 Å². The first kappa shape index (κ1) is 34.8. The van der Waals surface area contributed by atoms with Crippen LogP contribution in [0.4, 0.5) is 0 Å². The fourth-order valence-electron chi connectivity index (χ4n) is 6.34. The number of carboxylic acid groups (broad SMARTS) is 4. The molecular weight excluding hydrogens is 590 g/mol. The van der Waals surface area contributed by atoms with E-state index in [0.29, 0.717) is 0 Å². The quantitative estimate of drug-likeness (QED) is 0.187. The van der Waals surface area contributed by atoms with E-state index in [-0.39, 0.29) is 49.1 Å². The second kappa shape index (κ2) is 11.7. The summed E-state index contributed by atoms with van der Waals surface area (Å²) in [6, 6.07) is 0. The van der Waals surface area contributed by atoms with Crippen LogP contribution in [-0.2, 0) is 37.7 Å². The van der Waals surface area contributed by atoms with Crippen molar-refractivity contribution < 1.29 is 58.1 Å². The summed E-state index contributed by atoms with van der Waals surface area (Å²) >= 11 is 0. The zero-order valence-corrected chi connectivity index (χ0v) is 27.2. The molecule has 2 aliphatic heterocycles. The number of carbonyl (C=O) groups excluding carboxylic acids is 4. The van der Waals surface area contributed by atoms with Gasteiger partial charge in [-0.25, -0.2) is 0 Å². The number of aliphatic carboxylic acids is 4. The number of hydrogen-bond donors (Lipinski definition) is 0. The van der Waals surface area contributed by atoms with Gasteiger partial charge in [-0.2, -0.15) is 0 Å². The molecule has 4 aliphatic rings. The first-order valence-electron chi connectivity index (χ1n) is 13.9. The minimum Gasteiger partial charge on any atom is -0.549 e. The molecule has 240 valence electrons. The Hall–Kier alpha value is -1.68. The molecule has 14 heteroatoms. The van der Waals surface area contributed by atoms with Crippen LogP contribution < -0.4 is 20.4 Å². The lowest BCUT2D eigenvalue weighted by Gasteiger charge is -2.29. The van der Waals surface area contributed by atoms with Crippen LogP contribution in [-0.4, -0.2) is 99.8 Å². The lowest BCUT2D eigenvalue weighted by molar-refractivity contribution is -0.339. The van der Waals surface area contributed by atoms with Crippen molar-refractivity contribution in [2.75, 3.05) is 26.7 Å². The number of ether oxygens (including phenoxy) is 2. The van der Waals surface area contributed by atoms with Crippen LogP contribution in [0.15, 0.2) is 0 Å². The molecule has 0 amide bonds. The van der Waals surface area contributed by atoms with Crippen molar-refractivity contribution >= 4 is 50.7 Å². The molecule has 10 unspecified atom stereocenters. The summed E-state index contributed by atoms with van der Waals surface area (Å²) < 4.78 is 23.6. The smallest absolute Gasteiger partial charge is 0.0930 e. The summed E-state index contributed by atoms with van der Waals surface area (Å²) in [5.74, 6) is -7.75. The average Bonchev–Trinajstić information content (AvgIpc) is 3.71. The van der Waals surface area contributed by atoms with E-state index in [0.717, 1.165) is 0 Å². The van der Waals surface area contributed by atoms with Crippen molar-refractivity contribution in [2.45, 2.75) is 77.2 Å². The van der Waals surface area contributed by atoms with E-state index >= 15 is 0 Å². The van der Waals surface area contributed by atoms with Crippen molar-refractivity contribution in [2.24, 2.45) is 34.5 Å².